The molecule has 17 heavy (non-hydrogen) atoms. The Bertz CT molecular complexity index is 352. The largest absolute Gasteiger partial charge is 0.481 e. The zero-order valence-corrected chi connectivity index (χ0v) is 10.8. The van der Waals surface area contributed by atoms with Crippen molar-refractivity contribution >= 4 is 0 Å². The van der Waals surface area contributed by atoms with E-state index in [-0.39, 0.29) is 0 Å². The number of methoxy groups -OCH3 is 1. The van der Waals surface area contributed by atoms with E-state index in [0.29, 0.717) is 18.0 Å². The number of hydrogen-bond donors (Lipinski definition) is 1. The standard InChI is InChI=1S/C13H21N3O/c1-10-8-16(11(2)6-14-10)9-12-4-5-13(17-3)15-7-12/h4-5,7,10-11,14H,6,8-9H2,1-3H3. The molecule has 2 rings (SSSR count). The lowest BCUT2D eigenvalue weighted by Crippen LogP contribution is -2.53. The van der Waals surface area contributed by atoms with Gasteiger partial charge in [0.15, 0.2) is 0 Å². The van der Waals surface area contributed by atoms with Crippen LogP contribution in [0, 0.1) is 0 Å². The highest BCUT2D eigenvalue weighted by atomic mass is 16.5. The molecule has 4 nitrogen and oxygen atoms in total. The van der Waals surface area contributed by atoms with Gasteiger partial charge in [0.2, 0.25) is 5.88 Å². The van der Waals surface area contributed by atoms with Gasteiger partial charge < -0.3 is 10.1 Å². The molecule has 0 aromatic carbocycles. The first-order valence-electron chi connectivity index (χ1n) is 6.15. The molecule has 94 valence electrons. The number of ether oxygens (including phenoxy) is 1. The Morgan fingerprint density at radius 2 is 2.29 bits per heavy atom. The van der Waals surface area contributed by atoms with Crippen LogP contribution in [-0.4, -0.2) is 42.2 Å². The molecule has 1 aromatic heterocycles. The van der Waals surface area contributed by atoms with Crippen LogP contribution >= 0.6 is 0 Å². The summed E-state index contributed by atoms with van der Waals surface area (Å²) in [5.74, 6) is 0.676. The van der Waals surface area contributed by atoms with Crippen LogP contribution in [-0.2, 0) is 6.54 Å². The quantitative estimate of drug-likeness (QED) is 0.856. The molecule has 1 saturated heterocycles. The van der Waals surface area contributed by atoms with Gasteiger partial charge >= 0.3 is 0 Å². The molecule has 0 amide bonds. The first-order chi connectivity index (χ1) is 8.19. The number of nitrogens with one attached hydrogen (secondary N) is 1. The minimum atomic E-state index is 0.567. The van der Waals surface area contributed by atoms with Crippen molar-refractivity contribution < 1.29 is 4.74 Å². The van der Waals surface area contributed by atoms with Crippen LogP contribution in [0.3, 0.4) is 0 Å². The van der Waals surface area contributed by atoms with Crippen LogP contribution in [0.2, 0.25) is 0 Å². The number of rotatable bonds is 3. The highest BCUT2D eigenvalue weighted by Crippen LogP contribution is 2.13. The summed E-state index contributed by atoms with van der Waals surface area (Å²) in [7, 11) is 1.64. The highest BCUT2D eigenvalue weighted by molar-refractivity contribution is 5.17. The van der Waals surface area contributed by atoms with Gasteiger partial charge in [0.25, 0.3) is 0 Å². The van der Waals surface area contributed by atoms with Crippen LogP contribution in [0.1, 0.15) is 19.4 Å². The maximum absolute atomic E-state index is 5.06. The summed E-state index contributed by atoms with van der Waals surface area (Å²) >= 11 is 0. The molecule has 0 saturated carbocycles. The molecular weight excluding hydrogens is 214 g/mol. The molecule has 0 aliphatic carbocycles. The molecule has 1 aliphatic heterocycles. The van der Waals surface area contributed by atoms with Gasteiger partial charge in [0.05, 0.1) is 7.11 Å². The first-order valence-corrected chi connectivity index (χ1v) is 6.15. The Kier molecular flexibility index (Phi) is 3.97. The van der Waals surface area contributed by atoms with Crippen molar-refractivity contribution in [1.29, 1.82) is 0 Å². The van der Waals surface area contributed by atoms with E-state index in [4.69, 9.17) is 4.74 Å². The van der Waals surface area contributed by atoms with Crippen LogP contribution in [0.5, 0.6) is 5.88 Å². The van der Waals surface area contributed by atoms with E-state index >= 15 is 0 Å². The molecule has 0 bridgehead atoms. The molecule has 1 aromatic rings. The highest BCUT2D eigenvalue weighted by Gasteiger charge is 2.22. The maximum Gasteiger partial charge on any atom is 0.212 e. The van der Waals surface area contributed by atoms with E-state index in [1.165, 1.54) is 5.56 Å². The van der Waals surface area contributed by atoms with E-state index < -0.39 is 0 Å². The Morgan fingerprint density at radius 1 is 1.47 bits per heavy atom. The summed E-state index contributed by atoms with van der Waals surface area (Å²) < 4.78 is 5.06. The van der Waals surface area contributed by atoms with Gasteiger partial charge in [-0.15, -0.1) is 0 Å². The minimum absolute atomic E-state index is 0.567. The summed E-state index contributed by atoms with van der Waals surface area (Å²) in [6.45, 7) is 7.60. The zero-order valence-electron chi connectivity index (χ0n) is 10.8. The Morgan fingerprint density at radius 3 is 2.94 bits per heavy atom. The Labute approximate surface area is 103 Å². The molecular formula is C13H21N3O. The van der Waals surface area contributed by atoms with Crippen molar-refractivity contribution in [2.75, 3.05) is 20.2 Å². The SMILES string of the molecule is COc1ccc(CN2CC(C)NCC2C)cn1. The maximum atomic E-state index is 5.06. The second-order valence-corrected chi connectivity index (χ2v) is 4.80. The molecule has 2 unspecified atom stereocenters. The Balaban J connectivity index is 1.98. The van der Waals surface area contributed by atoms with E-state index in [9.17, 15) is 0 Å². The lowest BCUT2D eigenvalue weighted by molar-refractivity contribution is 0.138. The van der Waals surface area contributed by atoms with Crippen LogP contribution in [0.25, 0.3) is 0 Å². The Hall–Kier alpha value is -1.13. The van der Waals surface area contributed by atoms with Crippen molar-refractivity contribution in [3.63, 3.8) is 0 Å². The van der Waals surface area contributed by atoms with Crippen molar-refractivity contribution in [3.8, 4) is 5.88 Å². The number of aromatic nitrogens is 1. The van der Waals surface area contributed by atoms with Crippen LogP contribution in [0.4, 0.5) is 0 Å². The smallest absolute Gasteiger partial charge is 0.212 e. The van der Waals surface area contributed by atoms with Crippen molar-refractivity contribution in [2.24, 2.45) is 0 Å². The second-order valence-electron chi connectivity index (χ2n) is 4.80. The van der Waals surface area contributed by atoms with Crippen LogP contribution < -0.4 is 10.1 Å². The summed E-state index contributed by atoms with van der Waals surface area (Å²) in [5.41, 5.74) is 1.24. The zero-order chi connectivity index (χ0) is 12.3. The van der Waals surface area contributed by atoms with E-state index in [2.05, 4.69) is 35.1 Å². The fourth-order valence-corrected chi connectivity index (χ4v) is 2.18. The predicted molar refractivity (Wildman–Crippen MR) is 68.1 cm³/mol. The third-order valence-corrected chi connectivity index (χ3v) is 3.29. The van der Waals surface area contributed by atoms with Gasteiger partial charge in [-0.05, 0) is 19.4 Å². The van der Waals surface area contributed by atoms with E-state index in [1.54, 1.807) is 7.11 Å². The summed E-state index contributed by atoms with van der Waals surface area (Å²) in [6.07, 6.45) is 1.90. The fourth-order valence-electron chi connectivity index (χ4n) is 2.18. The second kappa shape index (κ2) is 5.47. The predicted octanol–water partition coefficient (Wildman–Crippen LogP) is 1.27. The van der Waals surface area contributed by atoms with Gasteiger partial charge in [-0.2, -0.15) is 0 Å². The fraction of sp³-hybridized carbons (Fsp3) is 0.615. The monoisotopic (exact) mass is 235 g/mol. The molecule has 0 spiro atoms. The van der Waals surface area contributed by atoms with Crippen molar-refractivity contribution in [2.45, 2.75) is 32.5 Å². The van der Waals surface area contributed by atoms with Gasteiger partial charge in [-0.1, -0.05) is 6.07 Å². The molecule has 2 atom stereocenters. The third-order valence-electron chi connectivity index (χ3n) is 3.29. The lowest BCUT2D eigenvalue weighted by Gasteiger charge is -2.37. The van der Waals surface area contributed by atoms with Crippen LogP contribution in [0.15, 0.2) is 18.3 Å². The minimum Gasteiger partial charge on any atom is -0.481 e. The normalized spacial score (nSPS) is 25.8. The van der Waals surface area contributed by atoms with Gasteiger partial charge in [-0.3, -0.25) is 4.90 Å². The van der Waals surface area contributed by atoms with Gasteiger partial charge in [-0.25, -0.2) is 4.98 Å². The molecule has 0 radical (unpaired) electrons. The van der Waals surface area contributed by atoms with Gasteiger partial charge in [0.1, 0.15) is 0 Å². The average molecular weight is 235 g/mol. The van der Waals surface area contributed by atoms with E-state index in [1.807, 2.05) is 12.3 Å². The van der Waals surface area contributed by atoms with E-state index in [0.717, 1.165) is 19.6 Å². The number of pyridine rings is 1. The number of piperazine rings is 1. The van der Waals surface area contributed by atoms with Crippen molar-refractivity contribution in [1.82, 2.24) is 15.2 Å². The molecule has 2 heterocycles. The number of nitrogens with zero attached hydrogens (tertiary/aromatic N) is 2. The molecule has 4 heteroatoms. The summed E-state index contributed by atoms with van der Waals surface area (Å²) in [6, 6.07) is 5.15. The molecule has 1 N–H and O–H groups in total. The van der Waals surface area contributed by atoms with Crippen molar-refractivity contribution in [3.05, 3.63) is 23.9 Å². The number of hydrogen-bond acceptors (Lipinski definition) is 4. The average Bonchev–Trinajstić information content (AvgIpc) is 2.35. The topological polar surface area (TPSA) is 37.4 Å². The third kappa shape index (κ3) is 3.17. The summed E-state index contributed by atoms with van der Waals surface area (Å²) in [5, 5.41) is 3.49. The molecule has 1 fully saturated rings. The van der Waals surface area contributed by atoms with Gasteiger partial charge in [0, 0.05) is 44.0 Å². The first kappa shape index (κ1) is 12.3. The molecule has 1 aliphatic rings. The lowest BCUT2D eigenvalue weighted by atomic mass is 10.1. The summed E-state index contributed by atoms with van der Waals surface area (Å²) in [4.78, 5) is 6.73.